The molecule has 2 aromatic carbocycles. The molecule has 2 aromatic rings. The highest BCUT2D eigenvalue weighted by Crippen LogP contribution is 2.24. The van der Waals surface area contributed by atoms with E-state index in [1.54, 1.807) is 13.0 Å². The van der Waals surface area contributed by atoms with Gasteiger partial charge in [0.25, 0.3) is 0 Å². The van der Waals surface area contributed by atoms with Crippen LogP contribution in [0.4, 0.5) is 5.69 Å². The summed E-state index contributed by atoms with van der Waals surface area (Å²) in [5.41, 5.74) is 3.14. The van der Waals surface area contributed by atoms with Crippen LogP contribution in [0.3, 0.4) is 0 Å². The summed E-state index contributed by atoms with van der Waals surface area (Å²) < 4.78 is 26.4. The third kappa shape index (κ3) is 7.60. The Bertz CT molecular complexity index is 1070. The molecule has 7 nitrogen and oxygen atoms in total. The molecule has 0 aromatic heterocycles. The maximum absolute atomic E-state index is 13.5. The van der Waals surface area contributed by atoms with Crippen molar-refractivity contribution in [2.24, 2.45) is 0 Å². The molecule has 0 saturated heterocycles. The van der Waals surface area contributed by atoms with Crippen molar-refractivity contribution in [3.8, 4) is 0 Å². The first-order chi connectivity index (χ1) is 15.4. The van der Waals surface area contributed by atoms with E-state index in [9.17, 15) is 18.0 Å². The number of carbonyl (C=O) groups excluding carboxylic acids is 2. The Morgan fingerprint density at radius 3 is 2.21 bits per heavy atom. The molecule has 0 radical (unpaired) electrons. The fraction of sp³-hybridized carbons (Fsp3) is 0.440. The van der Waals surface area contributed by atoms with E-state index >= 15 is 0 Å². The molecule has 8 heteroatoms. The van der Waals surface area contributed by atoms with E-state index in [0.29, 0.717) is 18.7 Å². The lowest BCUT2D eigenvalue weighted by molar-refractivity contribution is -0.139. The number of nitrogens with one attached hydrogen (secondary N) is 1. The lowest BCUT2D eigenvalue weighted by Gasteiger charge is -2.32. The molecule has 0 spiro atoms. The van der Waals surface area contributed by atoms with E-state index in [1.165, 1.54) is 4.90 Å². The third-order valence-corrected chi connectivity index (χ3v) is 6.52. The minimum Gasteiger partial charge on any atom is -0.352 e. The molecule has 0 heterocycles. The molecule has 1 N–H and O–H groups in total. The summed E-state index contributed by atoms with van der Waals surface area (Å²) in [5, 5.41) is 2.84. The van der Waals surface area contributed by atoms with Gasteiger partial charge in [0.1, 0.15) is 12.6 Å². The number of rotatable bonds is 10. The van der Waals surface area contributed by atoms with Crippen molar-refractivity contribution in [3.63, 3.8) is 0 Å². The van der Waals surface area contributed by atoms with E-state index in [2.05, 4.69) is 5.32 Å². The number of anilines is 1. The summed E-state index contributed by atoms with van der Waals surface area (Å²) >= 11 is 0. The number of carbonyl (C=O) groups is 2. The Morgan fingerprint density at radius 1 is 1.00 bits per heavy atom. The Labute approximate surface area is 197 Å². The zero-order valence-electron chi connectivity index (χ0n) is 20.3. The van der Waals surface area contributed by atoms with Crippen LogP contribution in [0.15, 0.2) is 48.5 Å². The van der Waals surface area contributed by atoms with Gasteiger partial charge in [0.2, 0.25) is 21.8 Å². The summed E-state index contributed by atoms with van der Waals surface area (Å²) in [5.74, 6) is -0.701. The Kier molecular flexibility index (Phi) is 9.05. The van der Waals surface area contributed by atoms with Crippen molar-refractivity contribution in [1.82, 2.24) is 10.2 Å². The van der Waals surface area contributed by atoms with Gasteiger partial charge < -0.3 is 10.2 Å². The van der Waals surface area contributed by atoms with Crippen LogP contribution < -0.4 is 9.62 Å². The third-order valence-electron chi connectivity index (χ3n) is 5.39. The number of nitrogens with zero attached hydrogens (tertiary/aromatic N) is 2. The van der Waals surface area contributed by atoms with Gasteiger partial charge in [-0.3, -0.25) is 13.9 Å². The molecule has 0 saturated carbocycles. The Balaban J connectivity index is 2.35. The van der Waals surface area contributed by atoms with Crippen LogP contribution in [-0.4, -0.2) is 56.6 Å². The highest BCUT2D eigenvalue weighted by Gasteiger charge is 2.30. The van der Waals surface area contributed by atoms with Gasteiger partial charge >= 0.3 is 0 Å². The van der Waals surface area contributed by atoms with E-state index in [1.807, 2.05) is 70.2 Å². The monoisotopic (exact) mass is 473 g/mol. The van der Waals surface area contributed by atoms with E-state index in [4.69, 9.17) is 0 Å². The second-order valence-electron chi connectivity index (χ2n) is 8.72. The SMILES string of the molecule is Cc1ccc(C)c(N(CC(=O)N(CCc2ccccc2)[C@@H](C)C(=O)NC(C)C)S(C)(=O)=O)c1. The van der Waals surface area contributed by atoms with Crippen LogP contribution >= 0.6 is 0 Å². The molecule has 0 aliphatic rings. The lowest BCUT2D eigenvalue weighted by atomic mass is 10.1. The molecule has 0 unspecified atom stereocenters. The van der Waals surface area contributed by atoms with Crippen LogP contribution in [0.2, 0.25) is 0 Å². The quantitative estimate of drug-likeness (QED) is 0.575. The van der Waals surface area contributed by atoms with Crippen molar-refractivity contribution in [3.05, 3.63) is 65.2 Å². The summed E-state index contributed by atoms with van der Waals surface area (Å²) in [6.45, 7) is 8.97. The van der Waals surface area contributed by atoms with Crippen molar-refractivity contribution >= 4 is 27.5 Å². The predicted molar refractivity (Wildman–Crippen MR) is 133 cm³/mol. The molecular weight excluding hydrogens is 438 g/mol. The summed E-state index contributed by atoms with van der Waals surface area (Å²) in [6.07, 6.45) is 1.64. The molecule has 1 atom stereocenters. The van der Waals surface area contributed by atoms with Crippen LogP contribution in [-0.2, 0) is 26.0 Å². The van der Waals surface area contributed by atoms with Crippen LogP contribution in [0.5, 0.6) is 0 Å². The van der Waals surface area contributed by atoms with Crippen molar-refractivity contribution in [1.29, 1.82) is 0 Å². The molecule has 0 aliphatic carbocycles. The Hall–Kier alpha value is -2.87. The number of hydrogen-bond acceptors (Lipinski definition) is 4. The van der Waals surface area contributed by atoms with Gasteiger partial charge in [0.15, 0.2) is 0 Å². The average Bonchev–Trinajstić information content (AvgIpc) is 2.73. The molecule has 0 bridgehead atoms. The first-order valence-corrected chi connectivity index (χ1v) is 12.9. The zero-order chi connectivity index (χ0) is 24.8. The first kappa shape index (κ1) is 26.4. The second-order valence-corrected chi connectivity index (χ2v) is 10.6. The maximum atomic E-state index is 13.5. The van der Waals surface area contributed by atoms with Crippen molar-refractivity contribution in [2.45, 2.75) is 53.1 Å². The van der Waals surface area contributed by atoms with Gasteiger partial charge in [-0.2, -0.15) is 0 Å². The van der Waals surface area contributed by atoms with Crippen molar-refractivity contribution < 1.29 is 18.0 Å². The summed E-state index contributed by atoms with van der Waals surface area (Å²) in [6, 6.07) is 14.3. The minimum atomic E-state index is -3.73. The van der Waals surface area contributed by atoms with Gasteiger partial charge in [-0.1, -0.05) is 42.5 Å². The van der Waals surface area contributed by atoms with Gasteiger partial charge in [-0.05, 0) is 63.8 Å². The zero-order valence-corrected chi connectivity index (χ0v) is 21.1. The molecule has 2 rings (SSSR count). The molecule has 2 amide bonds. The number of amides is 2. The number of aryl methyl sites for hydroxylation is 2. The normalized spacial score (nSPS) is 12.3. The summed E-state index contributed by atoms with van der Waals surface area (Å²) in [4.78, 5) is 27.7. The van der Waals surface area contributed by atoms with Crippen LogP contribution in [0.25, 0.3) is 0 Å². The van der Waals surface area contributed by atoms with Gasteiger partial charge in [0.05, 0.1) is 11.9 Å². The van der Waals surface area contributed by atoms with Crippen molar-refractivity contribution in [2.75, 3.05) is 23.7 Å². The van der Waals surface area contributed by atoms with E-state index in [0.717, 1.165) is 27.3 Å². The molecule has 0 fully saturated rings. The molecular formula is C25H35N3O4S. The highest BCUT2D eigenvalue weighted by atomic mass is 32.2. The predicted octanol–water partition coefficient (Wildman–Crippen LogP) is 3.05. The molecule has 180 valence electrons. The minimum absolute atomic E-state index is 0.0755. The van der Waals surface area contributed by atoms with Crippen LogP contribution in [0, 0.1) is 13.8 Å². The molecule has 0 aliphatic heterocycles. The topological polar surface area (TPSA) is 86.8 Å². The van der Waals surface area contributed by atoms with Gasteiger partial charge in [-0.25, -0.2) is 8.42 Å². The van der Waals surface area contributed by atoms with E-state index < -0.39 is 22.0 Å². The average molecular weight is 474 g/mol. The van der Waals surface area contributed by atoms with Gasteiger partial charge in [-0.15, -0.1) is 0 Å². The standard InChI is InChI=1S/C25H35N3O4S/c1-18(2)26-25(30)21(5)27(15-14-22-10-8-7-9-11-22)24(29)17-28(33(6,31)32)23-16-19(3)12-13-20(23)4/h7-13,16,18,21H,14-15,17H2,1-6H3,(H,26,30)/t21-/m0/s1. The fourth-order valence-electron chi connectivity index (χ4n) is 3.56. The fourth-order valence-corrected chi connectivity index (χ4v) is 4.46. The van der Waals surface area contributed by atoms with E-state index in [-0.39, 0.29) is 18.5 Å². The molecule has 33 heavy (non-hydrogen) atoms. The second kappa shape index (κ2) is 11.3. The lowest BCUT2D eigenvalue weighted by Crippen LogP contribution is -2.53. The van der Waals surface area contributed by atoms with Crippen LogP contribution in [0.1, 0.15) is 37.5 Å². The number of benzene rings is 2. The number of hydrogen-bond donors (Lipinski definition) is 1. The highest BCUT2D eigenvalue weighted by molar-refractivity contribution is 7.92. The number of sulfonamides is 1. The van der Waals surface area contributed by atoms with Gasteiger partial charge in [0, 0.05) is 12.6 Å². The Morgan fingerprint density at radius 2 is 1.64 bits per heavy atom. The maximum Gasteiger partial charge on any atom is 0.244 e. The largest absolute Gasteiger partial charge is 0.352 e. The smallest absolute Gasteiger partial charge is 0.244 e. The summed E-state index contributed by atoms with van der Waals surface area (Å²) in [7, 11) is -3.73. The first-order valence-electron chi connectivity index (χ1n) is 11.1.